The maximum Gasteiger partial charge on any atom is 0.255 e. The topological polar surface area (TPSA) is 84.3 Å². The highest BCUT2D eigenvalue weighted by Crippen LogP contribution is 2.32. The zero-order valence-electron chi connectivity index (χ0n) is 17.7. The predicted molar refractivity (Wildman–Crippen MR) is 115 cm³/mol. The molecular weight excluding hydrogens is 411 g/mol. The van der Waals surface area contributed by atoms with Crippen molar-refractivity contribution in [2.24, 2.45) is 7.05 Å². The van der Waals surface area contributed by atoms with E-state index in [2.05, 4.69) is 5.32 Å². The van der Waals surface area contributed by atoms with Gasteiger partial charge in [0.05, 0.1) is 5.69 Å². The molecule has 0 aliphatic carbocycles. The van der Waals surface area contributed by atoms with Crippen molar-refractivity contribution in [3.8, 4) is 22.6 Å². The average molecular weight is 432 g/mol. The van der Waals surface area contributed by atoms with Crippen LogP contribution in [0.3, 0.4) is 0 Å². The zero-order valence-corrected chi connectivity index (χ0v) is 17.7. The van der Waals surface area contributed by atoms with E-state index in [-0.39, 0.29) is 24.1 Å². The van der Waals surface area contributed by atoms with E-state index in [1.165, 1.54) is 11.0 Å². The Morgan fingerprint density at radius 2 is 1.88 bits per heavy atom. The van der Waals surface area contributed by atoms with Gasteiger partial charge in [-0.05, 0) is 54.8 Å². The van der Waals surface area contributed by atoms with E-state index in [0.29, 0.717) is 29.9 Å². The van der Waals surface area contributed by atoms with Gasteiger partial charge in [-0.3, -0.25) is 19.7 Å². The molecular formula is C24H21FN4O3. The number of rotatable bonds is 3. The predicted octanol–water partition coefficient (Wildman–Crippen LogP) is 2.96. The molecule has 0 bridgehead atoms. The number of amides is 3. The summed E-state index contributed by atoms with van der Waals surface area (Å²) in [5.41, 5.74) is 4.34. The second-order valence-corrected chi connectivity index (χ2v) is 8.30. The molecule has 7 nitrogen and oxygen atoms in total. The van der Waals surface area contributed by atoms with Crippen LogP contribution < -0.4 is 5.32 Å². The van der Waals surface area contributed by atoms with E-state index in [1.807, 2.05) is 29.9 Å². The molecule has 2 aliphatic rings. The highest BCUT2D eigenvalue weighted by molar-refractivity contribution is 6.05. The summed E-state index contributed by atoms with van der Waals surface area (Å²) in [6, 6.07) is 9.78. The van der Waals surface area contributed by atoms with Crippen LogP contribution in [0.2, 0.25) is 0 Å². The molecule has 3 amide bonds. The summed E-state index contributed by atoms with van der Waals surface area (Å²) >= 11 is 0. The number of nitrogens with one attached hydrogen (secondary N) is 1. The van der Waals surface area contributed by atoms with Crippen molar-refractivity contribution < 1.29 is 18.8 Å². The molecule has 1 aromatic heterocycles. The monoisotopic (exact) mass is 432 g/mol. The highest BCUT2D eigenvalue weighted by Gasteiger charge is 2.39. The molecule has 1 unspecified atom stereocenters. The second kappa shape index (κ2) is 7.40. The Balaban J connectivity index is 1.44. The molecule has 0 saturated carbocycles. The molecule has 5 rings (SSSR count). The van der Waals surface area contributed by atoms with Crippen LogP contribution in [0.4, 0.5) is 4.39 Å². The lowest BCUT2D eigenvalue weighted by Crippen LogP contribution is -2.52. The van der Waals surface area contributed by atoms with E-state index in [4.69, 9.17) is 4.98 Å². The molecule has 1 atom stereocenters. The van der Waals surface area contributed by atoms with E-state index in [0.717, 1.165) is 22.4 Å². The van der Waals surface area contributed by atoms with Crippen molar-refractivity contribution in [3.63, 3.8) is 0 Å². The van der Waals surface area contributed by atoms with Crippen molar-refractivity contribution in [1.82, 2.24) is 19.8 Å². The number of imidazole rings is 1. The summed E-state index contributed by atoms with van der Waals surface area (Å²) in [5, 5.41) is 2.31. The lowest BCUT2D eigenvalue weighted by molar-refractivity contribution is -0.136. The molecule has 32 heavy (non-hydrogen) atoms. The number of halogens is 1. The first kappa shape index (κ1) is 20.1. The first-order valence-corrected chi connectivity index (χ1v) is 10.4. The molecule has 2 aliphatic heterocycles. The molecule has 1 N–H and O–H groups in total. The average Bonchev–Trinajstić information content (AvgIpc) is 3.30. The maximum atomic E-state index is 13.7. The van der Waals surface area contributed by atoms with Crippen molar-refractivity contribution in [3.05, 3.63) is 65.1 Å². The lowest BCUT2D eigenvalue weighted by atomic mass is 10.0. The van der Waals surface area contributed by atoms with Crippen molar-refractivity contribution in [2.75, 3.05) is 0 Å². The number of fused-ring (bicyclic) bond motifs is 1. The van der Waals surface area contributed by atoms with Gasteiger partial charge in [-0.25, -0.2) is 9.37 Å². The number of nitrogens with zero attached hydrogens (tertiary/aromatic N) is 3. The van der Waals surface area contributed by atoms with Gasteiger partial charge < -0.3 is 9.47 Å². The zero-order chi connectivity index (χ0) is 22.6. The number of aryl methyl sites for hydroxylation is 2. The van der Waals surface area contributed by atoms with Crippen LogP contribution in [0, 0.1) is 12.7 Å². The third-order valence-corrected chi connectivity index (χ3v) is 6.11. The molecule has 3 aromatic rings. The normalized spacial score (nSPS) is 18.2. The van der Waals surface area contributed by atoms with Crippen molar-refractivity contribution in [1.29, 1.82) is 0 Å². The van der Waals surface area contributed by atoms with Crippen LogP contribution in [0.25, 0.3) is 22.6 Å². The van der Waals surface area contributed by atoms with E-state index >= 15 is 0 Å². The first-order valence-electron chi connectivity index (χ1n) is 10.4. The molecule has 162 valence electrons. The Morgan fingerprint density at radius 3 is 2.62 bits per heavy atom. The van der Waals surface area contributed by atoms with Crippen molar-refractivity contribution >= 4 is 17.7 Å². The van der Waals surface area contributed by atoms with E-state index < -0.39 is 11.9 Å². The quantitative estimate of drug-likeness (QED) is 0.645. The molecule has 1 saturated heterocycles. The number of aromatic nitrogens is 2. The minimum absolute atomic E-state index is 0.204. The summed E-state index contributed by atoms with van der Waals surface area (Å²) in [4.78, 5) is 42.8. The Bertz CT molecular complexity index is 1300. The molecule has 8 heteroatoms. The Morgan fingerprint density at radius 1 is 1.09 bits per heavy atom. The summed E-state index contributed by atoms with van der Waals surface area (Å²) in [6.45, 7) is 2.03. The SMILES string of the molecule is Cc1cc(-c2nc(-c3ccc4c(c3)CN(C3CCC(=O)NC3=O)C4=O)cn2C)ccc1F. The number of carbonyl (C=O) groups excluding carboxylic acids is 3. The molecule has 0 radical (unpaired) electrons. The molecule has 2 aromatic carbocycles. The third-order valence-electron chi connectivity index (χ3n) is 6.11. The number of benzene rings is 2. The Kier molecular flexibility index (Phi) is 4.65. The van der Waals surface area contributed by atoms with Crippen LogP contribution in [0.5, 0.6) is 0 Å². The minimum Gasteiger partial charge on any atom is -0.333 e. The van der Waals surface area contributed by atoms with E-state index in [1.54, 1.807) is 25.1 Å². The van der Waals surface area contributed by atoms with Gasteiger partial charge in [-0.2, -0.15) is 0 Å². The number of hydrogen-bond acceptors (Lipinski definition) is 4. The van der Waals surface area contributed by atoms with Crippen molar-refractivity contribution in [2.45, 2.75) is 32.4 Å². The van der Waals surface area contributed by atoms with Crippen LogP contribution >= 0.6 is 0 Å². The van der Waals surface area contributed by atoms with Gasteiger partial charge >= 0.3 is 0 Å². The Hall–Kier alpha value is -3.81. The third kappa shape index (κ3) is 3.28. The van der Waals surface area contributed by atoms with Crippen LogP contribution in [0.15, 0.2) is 42.6 Å². The van der Waals surface area contributed by atoms with Gasteiger partial charge in [-0.1, -0.05) is 6.07 Å². The largest absolute Gasteiger partial charge is 0.333 e. The minimum atomic E-state index is -0.640. The highest BCUT2D eigenvalue weighted by atomic mass is 19.1. The summed E-state index contributed by atoms with van der Waals surface area (Å²) in [6.07, 6.45) is 2.45. The van der Waals surface area contributed by atoms with Gasteiger partial charge in [0.25, 0.3) is 5.91 Å². The standard InChI is InChI=1S/C24H21FN4O3/c1-13-9-15(4-6-18(13)25)22-26-19(12-28(22)2)14-3-5-17-16(10-14)11-29(24(17)32)20-7-8-21(30)27-23(20)31/h3-6,9-10,12,20H,7-8,11H2,1-2H3,(H,27,30,31). The molecule has 0 spiro atoms. The number of carbonyl (C=O) groups is 3. The van der Waals surface area contributed by atoms with Gasteiger partial charge in [-0.15, -0.1) is 0 Å². The van der Waals surface area contributed by atoms with Crippen LogP contribution in [-0.4, -0.2) is 38.2 Å². The van der Waals surface area contributed by atoms with Gasteiger partial charge in [0.2, 0.25) is 11.8 Å². The van der Waals surface area contributed by atoms with Crippen LogP contribution in [-0.2, 0) is 23.2 Å². The molecule has 3 heterocycles. The number of imide groups is 1. The van der Waals surface area contributed by atoms with Gasteiger partial charge in [0.15, 0.2) is 0 Å². The van der Waals surface area contributed by atoms with Gasteiger partial charge in [0.1, 0.15) is 17.7 Å². The number of piperidine rings is 1. The smallest absolute Gasteiger partial charge is 0.255 e. The number of hydrogen-bond donors (Lipinski definition) is 1. The van der Waals surface area contributed by atoms with Crippen LogP contribution in [0.1, 0.15) is 34.3 Å². The van der Waals surface area contributed by atoms with Gasteiger partial charge in [0, 0.05) is 42.9 Å². The first-order chi connectivity index (χ1) is 15.3. The van der Waals surface area contributed by atoms with E-state index in [9.17, 15) is 18.8 Å². The Labute approximate surface area is 183 Å². The second-order valence-electron chi connectivity index (χ2n) is 8.30. The summed E-state index contributed by atoms with van der Waals surface area (Å²) in [7, 11) is 1.88. The fourth-order valence-corrected chi connectivity index (χ4v) is 4.39. The fraction of sp³-hybridized carbons (Fsp3) is 0.250. The summed E-state index contributed by atoms with van der Waals surface area (Å²) < 4.78 is 15.5. The maximum absolute atomic E-state index is 13.7. The summed E-state index contributed by atoms with van der Waals surface area (Å²) in [5.74, 6) is -0.479. The lowest BCUT2D eigenvalue weighted by Gasteiger charge is -2.29. The molecule has 1 fully saturated rings. The fourth-order valence-electron chi connectivity index (χ4n) is 4.39.